The Labute approximate surface area is 173 Å². The number of aryl methyl sites for hydroxylation is 2. The number of halogens is 1. The average molecular weight is 387 g/mol. The molecule has 0 aromatic heterocycles. The van der Waals surface area contributed by atoms with E-state index in [1.807, 2.05) is 48.6 Å². The second kappa shape index (κ2) is 10.4. The lowest BCUT2D eigenvalue weighted by Gasteiger charge is -2.09. The van der Waals surface area contributed by atoms with Crippen molar-refractivity contribution in [3.63, 3.8) is 0 Å². The standard InChI is InChI=1S/C27H27FO/c1-3-5-7-21-9-11-22(12-10-21)20-29-26-17-15-23(16-18-26)25-14-13-24(8-6-4-2)27(28)19-25/h3-4,9-19H,1-2,5-8,20H2. The number of allylic oxidation sites excluding steroid dienone is 2. The molecule has 0 atom stereocenters. The predicted octanol–water partition coefficient (Wildman–Crippen LogP) is 7.31. The lowest BCUT2D eigenvalue weighted by atomic mass is 10.0. The number of ether oxygens (including phenoxy) is 1. The summed E-state index contributed by atoms with van der Waals surface area (Å²) in [6.45, 7) is 7.97. The highest BCUT2D eigenvalue weighted by Gasteiger charge is 2.05. The van der Waals surface area contributed by atoms with E-state index in [4.69, 9.17) is 4.74 Å². The molecule has 0 aliphatic heterocycles. The molecule has 0 radical (unpaired) electrons. The Morgan fingerprint density at radius 1 is 0.724 bits per heavy atom. The van der Waals surface area contributed by atoms with Crippen LogP contribution in [-0.4, -0.2) is 0 Å². The first-order valence-electron chi connectivity index (χ1n) is 10.0. The molecular formula is C27H27FO. The second-order valence-corrected chi connectivity index (χ2v) is 7.09. The maximum absolute atomic E-state index is 14.3. The van der Waals surface area contributed by atoms with Gasteiger partial charge in [0.15, 0.2) is 0 Å². The molecule has 0 aliphatic rings. The zero-order valence-corrected chi connectivity index (χ0v) is 16.7. The molecule has 0 saturated carbocycles. The lowest BCUT2D eigenvalue weighted by Crippen LogP contribution is -1.96. The van der Waals surface area contributed by atoms with E-state index in [0.29, 0.717) is 13.0 Å². The molecule has 0 unspecified atom stereocenters. The summed E-state index contributed by atoms with van der Waals surface area (Å²) in [4.78, 5) is 0. The second-order valence-electron chi connectivity index (χ2n) is 7.09. The summed E-state index contributed by atoms with van der Waals surface area (Å²) in [5.41, 5.74) is 5.00. The number of benzene rings is 3. The zero-order chi connectivity index (χ0) is 20.5. The maximum atomic E-state index is 14.3. The summed E-state index contributed by atoms with van der Waals surface area (Å²) in [6.07, 6.45) is 7.21. The third kappa shape index (κ3) is 5.92. The number of hydrogen-bond donors (Lipinski definition) is 0. The van der Waals surface area contributed by atoms with Gasteiger partial charge >= 0.3 is 0 Å². The average Bonchev–Trinajstić information content (AvgIpc) is 2.76. The first-order valence-corrected chi connectivity index (χ1v) is 10.0. The van der Waals surface area contributed by atoms with Crippen LogP contribution in [0, 0.1) is 5.82 Å². The van der Waals surface area contributed by atoms with Crippen LogP contribution in [0.4, 0.5) is 4.39 Å². The van der Waals surface area contributed by atoms with E-state index < -0.39 is 0 Å². The van der Waals surface area contributed by atoms with E-state index >= 15 is 0 Å². The molecule has 3 aromatic rings. The van der Waals surface area contributed by atoms with Crippen LogP contribution in [0.3, 0.4) is 0 Å². The highest BCUT2D eigenvalue weighted by atomic mass is 19.1. The van der Waals surface area contributed by atoms with Crippen LogP contribution in [-0.2, 0) is 19.4 Å². The summed E-state index contributed by atoms with van der Waals surface area (Å²) >= 11 is 0. The molecule has 0 aliphatic carbocycles. The Kier molecular flexibility index (Phi) is 7.40. The van der Waals surface area contributed by atoms with Gasteiger partial charge in [0, 0.05) is 0 Å². The highest BCUT2D eigenvalue weighted by molar-refractivity contribution is 5.64. The minimum absolute atomic E-state index is 0.166. The van der Waals surface area contributed by atoms with Crippen molar-refractivity contribution in [1.29, 1.82) is 0 Å². The molecule has 3 aromatic carbocycles. The SMILES string of the molecule is C=CCCc1ccc(COc2ccc(-c3ccc(CCC=C)c(F)c3)cc2)cc1. The van der Waals surface area contributed by atoms with Crippen molar-refractivity contribution in [2.24, 2.45) is 0 Å². The van der Waals surface area contributed by atoms with Crippen LogP contribution >= 0.6 is 0 Å². The van der Waals surface area contributed by atoms with Gasteiger partial charge in [-0.1, -0.05) is 60.7 Å². The van der Waals surface area contributed by atoms with Crippen LogP contribution in [0.1, 0.15) is 29.5 Å². The molecule has 0 amide bonds. The Morgan fingerprint density at radius 2 is 1.34 bits per heavy atom. The largest absolute Gasteiger partial charge is 0.489 e. The molecule has 0 saturated heterocycles. The third-order valence-electron chi connectivity index (χ3n) is 4.92. The van der Waals surface area contributed by atoms with Gasteiger partial charge in [0.1, 0.15) is 18.2 Å². The van der Waals surface area contributed by atoms with Gasteiger partial charge in [0.05, 0.1) is 0 Å². The van der Waals surface area contributed by atoms with Crippen molar-refractivity contribution in [2.45, 2.75) is 32.3 Å². The molecule has 0 N–H and O–H groups in total. The number of hydrogen-bond acceptors (Lipinski definition) is 1. The smallest absolute Gasteiger partial charge is 0.127 e. The fourth-order valence-corrected chi connectivity index (χ4v) is 3.17. The molecule has 1 nitrogen and oxygen atoms in total. The van der Waals surface area contributed by atoms with Crippen LogP contribution < -0.4 is 4.74 Å². The van der Waals surface area contributed by atoms with Gasteiger partial charge in [-0.05, 0) is 71.7 Å². The van der Waals surface area contributed by atoms with E-state index in [1.54, 1.807) is 6.07 Å². The van der Waals surface area contributed by atoms with Crippen LogP contribution in [0.2, 0.25) is 0 Å². The monoisotopic (exact) mass is 386 g/mol. The molecule has 0 bridgehead atoms. The van der Waals surface area contributed by atoms with Crippen molar-refractivity contribution >= 4 is 0 Å². The van der Waals surface area contributed by atoms with Gasteiger partial charge in [-0.3, -0.25) is 0 Å². The molecule has 3 rings (SSSR count). The minimum atomic E-state index is -0.166. The van der Waals surface area contributed by atoms with Crippen molar-refractivity contribution in [2.75, 3.05) is 0 Å². The van der Waals surface area contributed by atoms with Gasteiger partial charge in [-0.2, -0.15) is 0 Å². The summed E-state index contributed by atoms with van der Waals surface area (Å²) in [5, 5.41) is 0. The Hall–Kier alpha value is -3.13. The van der Waals surface area contributed by atoms with E-state index in [2.05, 4.69) is 37.4 Å². The van der Waals surface area contributed by atoms with E-state index in [-0.39, 0.29) is 5.82 Å². The topological polar surface area (TPSA) is 9.23 Å². The molecule has 0 heterocycles. The van der Waals surface area contributed by atoms with Gasteiger partial charge < -0.3 is 4.74 Å². The first kappa shape index (κ1) is 20.6. The van der Waals surface area contributed by atoms with Gasteiger partial charge in [0.25, 0.3) is 0 Å². The summed E-state index contributed by atoms with van der Waals surface area (Å²) in [6, 6.07) is 21.7. The van der Waals surface area contributed by atoms with Crippen LogP contribution in [0.25, 0.3) is 11.1 Å². The van der Waals surface area contributed by atoms with Crippen LogP contribution in [0.5, 0.6) is 5.75 Å². The highest BCUT2D eigenvalue weighted by Crippen LogP contribution is 2.25. The first-order chi connectivity index (χ1) is 14.2. The summed E-state index contributed by atoms with van der Waals surface area (Å²) in [7, 11) is 0. The van der Waals surface area contributed by atoms with Crippen molar-refractivity contribution in [3.8, 4) is 16.9 Å². The Balaban J connectivity index is 1.59. The molecular weight excluding hydrogens is 359 g/mol. The zero-order valence-electron chi connectivity index (χ0n) is 16.7. The minimum Gasteiger partial charge on any atom is -0.489 e. The van der Waals surface area contributed by atoms with Crippen molar-refractivity contribution in [3.05, 3.63) is 115 Å². The summed E-state index contributed by atoms with van der Waals surface area (Å²) in [5.74, 6) is 0.633. The lowest BCUT2D eigenvalue weighted by molar-refractivity contribution is 0.306. The van der Waals surface area contributed by atoms with Gasteiger partial charge in [-0.25, -0.2) is 4.39 Å². The fraction of sp³-hybridized carbons (Fsp3) is 0.185. The quantitative estimate of drug-likeness (QED) is 0.332. The molecule has 148 valence electrons. The Bertz CT molecular complexity index is 939. The van der Waals surface area contributed by atoms with Gasteiger partial charge in [-0.15, -0.1) is 13.2 Å². The van der Waals surface area contributed by atoms with E-state index in [0.717, 1.165) is 47.3 Å². The Morgan fingerprint density at radius 3 is 2.00 bits per heavy atom. The normalized spacial score (nSPS) is 10.5. The van der Waals surface area contributed by atoms with Crippen LogP contribution in [0.15, 0.2) is 92.0 Å². The number of rotatable bonds is 10. The van der Waals surface area contributed by atoms with E-state index in [1.165, 1.54) is 5.56 Å². The predicted molar refractivity (Wildman–Crippen MR) is 120 cm³/mol. The van der Waals surface area contributed by atoms with E-state index in [9.17, 15) is 4.39 Å². The fourth-order valence-electron chi connectivity index (χ4n) is 3.17. The van der Waals surface area contributed by atoms with Gasteiger partial charge in [0.2, 0.25) is 0 Å². The molecule has 0 fully saturated rings. The maximum Gasteiger partial charge on any atom is 0.127 e. The molecule has 29 heavy (non-hydrogen) atoms. The molecule has 0 spiro atoms. The molecule has 2 heteroatoms. The third-order valence-corrected chi connectivity index (χ3v) is 4.92. The van der Waals surface area contributed by atoms with Crippen molar-refractivity contribution < 1.29 is 9.13 Å². The van der Waals surface area contributed by atoms with Crippen molar-refractivity contribution in [1.82, 2.24) is 0 Å². The summed E-state index contributed by atoms with van der Waals surface area (Å²) < 4.78 is 20.2.